The van der Waals surface area contributed by atoms with Crippen molar-refractivity contribution in [2.24, 2.45) is 16.7 Å². The lowest BCUT2D eigenvalue weighted by atomic mass is 9.58. The van der Waals surface area contributed by atoms with Gasteiger partial charge in [-0.15, -0.1) is 0 Å². The Bertz CT molecular complexity index is 169. The molecule has 0 radical (unpaired) electrons. The van der Waals surface area contributed by atoms with Gasteiger partial charge in [0.1, 0.15) is 0 Å². The first-order valence-corrected chi connectivity index (χ1v) is 5.93. The van der Waals surface area contributed by atoms with E-state index in [1.54, 1.807) is 0 Å². The van der Waals surface area contributed by atoms with Crippen LogP contribution >= 0.6 is 0 Å². The third kappa shape index (κ3) is 2.27. The molecule has 0 aromatic carbocycles. The van der Waals surface area contributed by atoms with E-state index in [0.717, 1.165) is 5.92 Å². The summed E-state index contributed by atoms with van der Waals surface area (Å²) in [6.07, 6.45) is 7.05. The predicted molar refractivity (Wildman–Crippen MR) is 59.8 cm³/mol. The van der Waals surface area contributed by atoms with Crippen LogP contribution in [0.3, 0.4) is 0 Å². The largest absolute Gasteiger partial charge is 0.0651 e. The van der Waals surface area contributed by atoms with Gasteiger partial charge in [-0.2, -0.15) is 0 Å². The molecule has 0 heteroatoms. The molecule has 2 atom stereocenters. The van der Waals surface area contributed by atoms with Gasteiger partial charge in [-0.25, -0.2) is 0 Å². The van der Waals surface area contributed by atoms with Crippen molar-refractivity contribution in [2.75, 3.05) is 0 Å². The standard InChI is InChI=1S/C13H26/c1-6-11-8-9-13(5,7-2)10-12(11,3)4/h11H,6-10H2,1-5H3/t11?,13-/m1/s1. The number of hydrogen-bond acceptors (Lipinski definition) is 0. The lowest BCUT2D eigenvalue weighted by Gasteiger charge is -2.47. The zero-order valence-corrected chi connectivity index (χ0v) is 10.1. The molecular formula is C13H26. The van der Waals surface area contributed by atoms with E-state index < -0.39 is 0 Å². The van der Waals surface area contributed by atoms with Gasteiger partial charge in [0, 0.05) is 0 Å². The van der Waals surface area contributed by atoms with E-state index in [4.69, 9.17) is 0 Å². The lowest BCUT2D eigenvalue weighted by Crippen LogP contribution is -2.37. The zero-order valence-electron chi connectivity index (χ0n) is 10.1. The molecule has 1 aliphatic carbocycles. The summed E-state index contributed by atoms with van der Waals surface area (Å²) in [4.78, 5) is 0. The molecule has 0 aromatic rings. The topological polar surface area (TPSA) is 0 Å². The van der Waals surface area contributed by atoms with Crippen molar-refractivity contribution in [3.8, 4) is 0 Å². The lowest BCUT2D eigenvalue weighted by molar-refractivity contribution is 0.0332. The summed E-state index contributed by atoms with van der Waals surface area (Å²) in [5.41, 5.74) is 1.22. The van der Waals surface area contributed by atoms with E-state index in [-0.39, 0.29) is 0 Å². The van der Waals surface area contributed by atoms with Crippen molar-refractivity contribution in [1.29, 1.82) is 0 Å². The highest BCUT2D eigenvalue weighted by molar-refractivity contribution is 4.91. The molecule has 0 N–H and O–H groups in total. The first-order valence-electron chi connectivity index (χ1n) is 5.93. The fraction of sp³-hybridized carbons (Fsp3) is 1.00. The van der Waals surface area contributed by atoms with Gasteiger partial charge in [-0.05, 0) is 36.0 Å². The maximum Gasteiger partial charge on any atom is -0.0321 e. The first kappa shape index (κ1) is 11.1. The SMILES string of the molecule is CCC1CC[C@@](C)(CC)CC1(C)C. The third-order valence-corrected chi connectivity index (χ3v) is 4.43. The summed E-state index contributed by atoms with van der Waals surface area (Å²) in [6.45, 7) is 12.1. The normalized spacial score (nSPS) is 39.0. The van der Waals surface area contributed by atoms with Crippen LogP contribution in [0.4, 0.5) is 0 Å². The molecule has 0 amide bonds. The van der Waals surface area contributed by atoms with E-state index in [0.29, 0.717) is 10.8 Å². The van der Waals surface area contributed by atoms with E-state index in [1.807, 2.05) is 0 Å². The Morgan fingerprint density at radius 2 is 1.77 bits per heavy atom. The second kappa shape index (κ2) is 3.63. The zero-order chi connectivity index (χ0) is 10.1. The Morgan fingerprint density at radius 3 is 2.15 bits per heavy atom. The minimum atomic E-state index is 0.581. The second-order valence-electron chi connectivity index (χ2n) is 5.97. The monoisotopic (exact) mass is 182 g/mol. The van der Waals surface area contributed by atoms with Gasteiger partial charge in [-0.3, -0.25) is 0 Å². The van der Waals surface area contributed by atoms with Crippen LogP contribution in [-0.2, 0) is 0 Å². The molecule has 1 aliphatic rings. The Kier molecular flexibility index (Phi) is 3.09. The second-order valence-corrected chi connectivity index (χ2v) is 5.97. The van der Waals surface area contributed by atoms with Crippen molar-refractivity contribution in [3.63, 3.8) is 0 Å². The molecule has 0 bridgehead atoms. The minimum Gasteiger partial charge on any atom is -0.0651 e. The summed E-state index contributed by atoms with van der Waals surface area (Å²) in [5.74, 6) is 0.965. The van der Waals surface area contributed by atoms with Gasteiger partial charge < -0.3 is 0 Å². The van der Waals surface area contributed by atoms with E-state index in [2.05, 4.69) is 34.6 Å². The Morgan fingerprint density at radius 1 is 1.15 bits per heavy atom. The molecule has 1 fully saturated rings. The average Bonchev–Trinajstić information content (AvgIpc) is 2.03. The van der Waals surface area contributed by atoms with Crippen LogP contribution in [0.5, 0.6) is 0 Å². The van der Waals surface area contributed by atoms with Crippen LogP contribution in [0.25, 0.3) is 0 Å². The third-order valence-electron chi connectivity index (χ3n) is 4.43. The van der Waals surface area contributed by atoms with E-state index >= 15 is 0 Å². The van der Waals surface area contributed by atoms with Gasteiger partial charge in [0.15, 0.2) is 0 Å². The molecule has 0 heterocycles. The maximum absolute atomic E-state index is 2.47. The van der Waals surface area contributed by atoms with Gasteiger partial charge in [-0.1, -0.05) is 47.5 Å². The van der Waals surface area contributed by atoms with Crippen LogP contribution in [-0.4, -0.2) is 0 Å². The molecule has 0 saturated heterocycles. The number of rotatable bonds is 2. The fourth-order valence-corrected chi connectivity index (χ4v) is 3.30. The highest BCUT2D eigenvalue weighted by Crippen LogP contribution is 2.51. The molecule has 13 heavy (non-hydrogen) atoms. The fourth-order valence-electron chi connectivity index (χ4n) is 3.30. The highest BCUT2D eigenvalue weighted by atomic mass is 14.5. The van der Waals surface area contributed by atoms with Crippen LogP contribution in [0.2, 0.25) is 0 Å². The van der Waals surface area contributed by atoms with Gasteiger partial charge in [0.2, 0.25) is 0 Å². The molecule has 78 valence electrons. The Hall–Kier alpha value is 0. The highest BCUT2D eigenvalue weighted by Gasteiger charge is 2.40. The summed E-state index contributed by atoms with van der Waals surface area (Å²) < 4.78 is 0. The molecular weight excluding hydrogens is 156 g/mol. The molecule has 0 aromatic heterocycles. The van der Waals surface area contributed by atoms with Crippen LogP contribution in [0.15, 0.2) is 0 Å². The van der Waals surface area contributed by atoms with Crippen molar-refractivity contribution in [3.05, 3.63) is 0 Å². The molecule has 0 spiro atoms. The summed E-state index contributed by atoms with van der Waals surface area (Å²) in [7, 11) is 0. The molecule has 0 nitrogen and oxygen atoms in total. The molecule has 1 rings (SSSR count). The summed E-state index contributed by atoms with van der Waals surface area (Å²) >= 11 is 0. The van der Waals surface area contributed by atoms with Crippen LogP contribution in [0.1, 0.15) is 66.7 Å². The summed E-state index contributed by atoms with van der Waals surface area (Å²) in [6, 6.07) is 0. The quantitative estimate of drug-likeness (QED) is 0.583. The van der Waals surface area contributed by atoms with Crippen molar-refractivity contribution in [1.82, 2.24) is 0 Å². The smallest absolute Gasteiger partial charge is 0.0321 e. The Labute approximate surface area is 84.1 Å². The van der Waals surface area contributed by atoms with E-state index in [9.17, 15) is 0 Å². The minimum absolute atomic E-state index is 0.581. The van der Waals surface area contributed by atoms with Crippen molar-refractivity contribution < 1.29 is 0 Å². The van der Waals surface area contributed by atoms with Crippen LogP contribution in [0, 0.1) is 16.7 Å². The van der Waals surface area contributed by atoms with E-state index in [1.165, 1.54) is 32.1 Å². The van der Waals surface area contributed by atoms with Gasteiger partial charge >= 0.3 is 0 Å². The van der Waals surface area contributed by atoms with Gasteiger partial charge in [0.25, 0.3) is 0 Å². The first-order chi connectivity index (χ1) is 5.93. The molecule has 1 saturated carbocycles. The average molecular weight is 182 g/mol. The predicted octanol–water partition coefficient (Wildman–Crippen LogP) is 4.64. The summed E-state index contributed by atoms with van der Waals surface area (Å²) in [5, 5.41) is 0. The van der Waals surface area contributed by atoms with Gasteiger partial charge in [0.05, 0.1) is 0 Å². The number of hydrogen-bond donors (Lipinski definition) is 0. The van der Waals surface area contributed by atoms with Crippen molar-refractivity contribution >= 4 is 0 Å². The van der Waals surface area contributed by atoms with Crippen molar-refractivity contribution in [2.45, 2.75) is 66.7 Å². The Balaban J connectivity index is 2.69. The molecule has 1 unspecified atom stereocenters. The van der Waals surface area contributed by atoms with Crippen LogP contribution < -0.4 is 0 Å². The maximum atomic E-state index is 2.47. The molecule has 0 aliphatic heterocycles.